The molecule has 0 amide bonds. The van der Waals surface area contributed by atoms with Crippen LogP contribution >= 0.6 is 0 Å². The van der Waals surface area contributed by atoms with E-state index in [1.54, 1.807) is 28.4 Å². The number of carbonyl (C=O) groups excluding carboxylic acids is 1. The van der Waals surface area contributed by atoms with Crippen molar-refractivity contribution in [2.45, 2.75) is 46.0 Å². The smallest absolute Gasteiger partial charge is 0.310 e. The molecule has 1 saturated heterocycles. The van der Waals surface area contributed by atoms with Gasteiger partial charge in [-0.2, -0.15) is 0 Å². The molecule has 1 aliphatic carbocycles. The molecule has 2 aliphatic rings. The van der Waals surface area contributed by atoms with E-state index in [9.17, 15) is 4.79 Å². The summed E-state index contributed by atoms with van der Waals surface area (Å²) in [5, 5.41) is 0. The zero-order valence-corrected chi connectivity index (χ0v) is 24.1. The van der Waals surface area contributed by atoms with E-state index in [-0.39, 0.29) is 23.7 Å². The first-order valence-electron chi connectivity index (χ1n) is 13.4. The Morgan fingerprint density at radius 1 is 0.923 bits per heavy atom. The van der Waals surface area contributed by atoms with E-state index in [0.717, 1.165) is 29.5 Å². The molecule has 1 heterocycles. The van der Waals surface area contributed by atoms with Gasteiger partial charge in [-0.3, -0.25) is 4.79 Å². The molecule has 0 spiro atoms. The Bertz CT molecular complexity index is 1260. The Kier molecular flexibility index (Phi) is 9.10. The summed E-state index contributed by atoms with van der Waals surface area (Å²) in [6.07, 6.45) is 7.06. The van der Waals surface area contributed by atoms with Crippen LogP contribution in [0.25, 0.3) is 0 Å². The van der Waals surface area contributed by atoms with Gasteiger partial charge in [0, 0.05) is 17.4 Å². The summed E-state index contributed by atoms with van der Waals surface area (Å²) < 4.78 is 34.6. The zero-order valence-electron chi connectivity index (χ0n) is 24.1. The maximum atomic E-state index is 13.0. The topological polar surface area (TPSA) is 72.5 Å². The van der Waals surface area contributed by atoms with Gasteiger partial charge in [-0.05, 0) is 75.4 Å². The maximum absolute atomic E-state index is 13.0. The Morgan fingerprint density at radius 2 is 1.67 bits per heavy atom. The summed E-state index contributed by atoms with van der Waals surface area (Å²) in [6.45, 7) is 7.20. The normalized spacial score (nSPS) is 19.9. The molecule has 0 aromatic heterocycles. The van der Waals surface area contributed by atoms with Crippen molar-refractivity contribution in [2.24, 2.45) is 11.8 Å². The fourth-order valence-corrected chi connectivity index (χ4v) is 5.71. The van der Waals surface area contributed by atoms with Gasteiger partial charge in [0.25, 0.3) is 0 Å². The van der Waals surface area contributed by atoms with Gasteiger partial charge in [-0.15, -0.1) is 0 Å². The average molecular weight is 537 g/mol. The van der Waals surface area contributed by atoms with Gasteiger partial charge < -0.3 is 28.4 Å². The van der Waals surface area contributed by atoms with E-state index in [0.29, 0.717) is 48.4 Å². The summed E-state index contributed by atoms with van der Waals surface area (Å²) in [5.74, 6) is 2.15. The highest BCUT2D eigenvalue weighted by molar-refractivity contribution is 5.79. The molecule has 4 rings (SSSR count). The minimum Gasteiger partial charge on any atom is -0.493 e. The minimum absolute atomic E-state index is 0.0548. The van der Waals surface area contributed by atoms with Crippen LogP contribution in [0.5, 0.6) is 28.7 Å². The van der Waals surface area contributed by atoms with Crippen LogP contribution in [0, 0.1) is 11.8 Å². The van der Waals surface area contributed by atoms with Crippen LogP contribution < -0.4 is 23.7 Å². The molecule has 0 unspecified atom stereocenters. The van der Waals surface area contributed by atoms with Crippen LogP contribution in [-0.2, 0) is 16.0 Å². The van der Waals surface area contributed by atoms with E-state index >= 15 is 0 Å². The van der Waals surface area contributed by atoms with E-state index < -0.39 is 0 Å². The predicted molar refractivity (Wildman–Crippen MR) is 150 cm³/mol. The molecule has 2 aromatic carbocycles. The summed E-state index contributed by atoms with van der Waals surface area (Å²) in [7, 11) is 6.44. The molecule has 1 aliphatic heterocycles. The lowest BCUT2D eigenvalue weighted by Gasteiger charge is -2.35. The molecular formula is C32H40O7. The first kappa shape index (κ1) is 28.4. The third kappa shape index (κ3) is 5.87. The van der Waals surface area contributed by atoms with E-state index in [4.69, 9.17) is 28.4 Å². The van der Waals surface area contributed by atoms with Crippen LogP contribution in [-0.4, -0.2) is 47.6 Å². The Morgan fingerprint density at radius 3 is 2.33 bits per heavy atom. The lowest BCUT2D eigenvalue weighted by Crippen LogP contribution is -2.32. The van der Waals surface area contributed by atoms with Gasteiger partial charge in [0.2, 0.25) is 5.75 Å². The van der Waals surface area contributed by atoms with E-state index in [1.807, 2.05) is 24.3 Å². The number of carbonyl (C=O) groups is 1. The number of esters is 1. The first-order chi connectivity index (χ1) is 18.8. The molecular weight excluding hydrogens is 496 g/mol. The second-order valence-corrected chi connectivity index (χ2v) is 10.4. The van der Waals surface area contributed by atoms with Crippen LogP contribution in [0.4, 0.5) is 0 Å². The second-order valence-electron chi connectivity index (χ2n) is 10.4. The largest absolute Gasteiger partial charge is 0.493 e. The van der Waals surface area contributed by atoms with Crippen LogP contribution in [0.1, 0.15) is 56.2 Å². The molecule has 1 fully saturated rings. The summed E-state index contributed by atoms with van der Waals surface area (Å²) in [5.41, 5.74) is 5.51. The lowest BCUT2D eigenvalue weighted by molar-refractivity contribution is -0.141. The molecule has 0 saturated carbocycles. The molecule has 3 atom stereocenters. The van der Waals surface area contributed by atoms with E-state index in [2.05, 4.69) is 32.9 Å². The second kappa shape index (κ2) is 12.5. The summed E-state index contributed by atoms with van der Waals surface area (Å²) >= 11 is 0. The van der Waals surface area contributed by atoms with Crippen LogP contribution in [0.15, 0.2) is 47.6 Å². The third-order valence-corrected chi connectivity index (χ3v) is 7.63. The van der Waals surface area contributed by atoms with E-state index in [1.165, 1.54) is 11.1 Å². The number of cyclic esters (lactones) is 1. The van der Waals surface area contributed by atoms with Crippen molar-refractivity contribution in [3.05, 3.63) is 64.3 Å². The third-order valence-electron chi connectivity index (χ3n) is 7.63. The molecule has 0 N–H and O–H groups in total. The number of rotatable bonds is 11. The van der Waals surface area contributed by atoms with Crippen LogP contribution in [0.2, 0.25) is 0 Å². The number of hydrogen-bond donors (Lipinski definition) is 0. The van der Waals surface area contributed by atoms with Crippen LogP contribution in [0.3, 0.4) is 0 Å². The fourth-order valence-electron chi connectivity index (χ4n) is 5.71. The number of benzene rings is 2. The number of fused-ring (bicyclic) bond motifs is 2. The van der Waals surface area contributed by atoms with Gasteiger partial charge in [0.15, 0.2) is 23.0 Å². The SMILES string of the molecule is COc1cc([C@H]2c3c(cc(OC)c(OC)c3OC)C[C@H]3COC(=O)[C@@H]32)ccc1OC/C=C(\C)CCC=C(C)C. The highest BCUT2D eigenvalue weighted by Crippen LogP contribution is 2.55. The van der Waals surface area contributed by atoms with Crippen molar-refractivity contribution >= 4 is 5.97 Å². The summed E-state index contributed by atoms with van der Waals surface area (Å²) in [4.78, 5) is 13.0. The average Bonchev–Trinajstić information content (AvgIpc) is 3.30. The van der Waals surface area contributed by atoms with Gasteiger partial charge >= 0.3 is 5.97 Å². The van der Waals surface area contributed by atoms with Gasteiger partial charge in [-0.1, -0.05) is 23.3 Å². The molecule has 7 heteroatoms. The predicted octanol–water partition coefficient (Wildman–Crippen LogP) is 6.27. The lowest BCUT2D eigenvalue weighted by atomic mass is 9.67. The number of hydrogen-bond acceptors (Lipinski definition) is 7. The summed E-state index contributed by atoms with van der Waals surface area (Å²) in [6, 6.07) is 7.86. The minimum atomic E-state index is -0.340. The standard InChI is InChI=1S/C32H40O7/c1-19(2)9-8-10-20(3)13-14-38-24-12-11-21(16-25(24)34-4)27-28-22(15-23-18-39-32(33)29(23)27)17-26(35-5)30(36-6)31(28)37-7/h9,11-13,16-17,23,27,29H,8,10,14-15,18H2,1-7H3/b20-13+/t23-,27-,29-/m0/s1. The van der Waals surface area contributed by atoms with Crippen molar-refractivity contribution in [3.63, 3.8) is 0 Å². The first-order valence-corrected chi connectivity index (χ1v) is 13.4. The Hall–Kier alpha value is -3.61. The Labute approximate surface area is 231 Å². The highest BCUT2D eigenvalue weighted by atomic mass is 16.5. The van der Waals surface area contributed by atoms with Gasteiger partial charge in [-0.25, -0.2) is 0 Å². The van der Waals surface area contributed by atoms with Gasteiger partial charge in [0.05, 0.1) is 41.0 Å². The molecule has 7 nitrogen and oxygen atoms in total. The number of methoxy groups -OCH3 is 4. The fraction of sp³-hybridized carbons (Fsp3) is 0.469. The van der Waals surface area contributed by atoms with Crippen molar-refractivity contribution < 1.29 is 33.2 Å². The van der Waals surface area contributed by atoms with Crippen molar-refractivity contribution in [2.75, 3.05) is 41.7 Å². The molecule has 39 heavy (non-hydrogen) atoms. The monoisotopic (exact) mass is 536 g/mol. The Balaban J connectivity index is 1.69. The van der Waals surface area contributed by atoms with Gasteiger partial charge in [0.1, 0.15) is 6.61 Å². The van der Waals surface area contributed by atoms with Crippen molar-refractivity contribution in [3.8, 4) is 28.7 Å². The number of allylic oxidation sites excluding steroid dienone is 3. The quantitative estimate of drug-likeness (QED) is 0.248. The molecule has 2 aromatic rings. The van der Waals surface area contributed by atoms with Crippen molar-refractivity contribution in [1.82, 2.24) is 0 Å². The zero-order chi connectivity index (χ0) is 28.1. The molecule has 0 radical (unpaired) electrons. The van der Waals surface area contributed by atoms with Crippen molar-refractivity contribution in [1.29, 1.82) is 0 Å². The maximum Gasteiger partial charge on any atom is 0.310 e. The number of ether oxygens (including phenoxy) is 6. The molecule has 0 bridgehead atoms. The molecule has 210 valence electrons. The highest BCUT2D eigenvalue weighted by Gasteiger charge is 2.49.